The Morgan fingerprint density at radius 3 is 2.19 bits per heavy atom. The van der Waals surface area contributed by atoms with Crippen LogP contribution in [-0.2, 0) is 23.9 Å². The molecular formula is C36H46ClF3N6O. The second-order valence-electron chi connectivity index (χ2n) is 13.9. The molecule has 2 N–H and O–H groups in total. The summed E-state index contributed by atoms with van der Waals surface area (Å²) >= 11 is 6.17. The molecule has 47 heavy (non-hydrogen) atoms. The van der Waals surface area contributed by atoms with Crippen LogP contribution in [0.15, 0.2) is 61.2 Å². The van der Waals surface area contributed by atoms with Crippen molar-refractivity contribution in [1.29, 1.82) is 0 Å². The Kier molecular flexibility index (Phi) is 10.8. The second-order valence-corrected chi connectivity index (χ2v) is 14.4. The summed E-state index contributed by atoms with van der Waals surface area (Å²) in [5.41, 5.74) is 1.25. The van der Waals surface area contributed by atoms with Crippen LogP contribution in [0, 0.1) is 11.3 Å². The molecule has 2 aromatic carbocycles. The number of nitrogens with one attached hydrogen (secondary N) is 2. The number of carbonyl (C=O) groups is 1. The number of hydrogen-bond acceptors (Lipinski definition) is 5. The highest BCUT2D eigenvalue weighted by Crippen LogP contribution is 2.47. The van der Waals surface area contributed by atoms with Gasteiger partial charge in [0, 0.05) is 42.4 Å². The van der Waals surface area contributed by atoms with Crippen molar-refractivity contribution in [2.24, 2.45) is 11.3 Å². The van der Waals surface area contributed by atoms with Crippen molar-refractivity contribution in [1.82, 2.24) is 25.0 Å². The van der Waals surface area contributed by atoms with Gasteiger partial charge in [-0.15, -0.1) is 0 Å². The Morgan fingerprint density at radius 1 is 0.915 bits per heavy atom. The van der Waals surface area contributed by atoms with Gasteiger partial charge < -0.3 is 15.5 Å². The number of hydrogen-bond donors (Lipinski definition) is 2. The minimum absolute atomic E-state index is 0.127. The molecule has 1 aliphatic heterocycles. The molecule has 0 bridgehead atoms. The number of carbonyl (C=O) groups excluding carboxylic acids is 1. The van der Waals surface area contributed by atoms with E-state index in [0.29, 0.717) is 23.0 Å². The number of likely N-dealkylation sites (tertiary alicyclic amines) is 1. The van der Waals surface area contributed by atoms with Gasteiger partial charge in [-0.25, -0.2) is 4.98 Å². The zero-order valence-corrected chi connectivity index (χ0v) is 27.7. The zero-order chi connectivity index (χ0) is 32.9. The number of halogens is 4. The predicted octanol–water partition coefficient (Wildman–Crippen LogP) is 7.76. The molecule has 1 atom stereocenters. The number of nitrogens with zero attached hydrogens (tertiary/aromatic N) is 4. The van der Waals surface area contributed by atoms with Crippen molar-refractivity contribution in [3.8, 4) is 0 Å². The van der Waals surface area contributed by atoms with E-state index in [-0.39, 0.29) is 29.4 Å². The van der Waals surface area contributed by atoms with E-state index in [2.05, 4.69) is 25.6 Å². The summed E-state index contributed by atoms with van der Waals surface area (Å²) in [7, 11) is 0. The first-order valence-corrected chi connectivity index (χ1v) is 17.6. The number of rotatable bonds is 10. The van der Waals surface area contributed by atoms with E-state index in [1.165, 1.54) is 44.2 Å². The van der Waals surface area contributed by atoms with Crippen LogP contribution in [0.5, 0.6) is 0 Å². The standard InChI is InChI=1S/C36H46ClF3N6O/c37-29-10-6-26(7-11-29)22-33(44-32-16-14-31(15-17-32)43-30-12-8-28(9-13-30)36(38,39)40)34(47)45-20-18-35(19-21-45,23-46-25-41-24-42-46)27-4-2-1-3-5-27/h6-13,24-25,27,31-33,43-44H,1-5,14-23H2/t31?,32?,33-/m1/s1. The Balaban J connectivity index is 1.09. The zero-order valence-electron chi connectivity index (χ0n) is 26.9. The minimum atomic E-state index is -4.34. The minimum Gasteiger partial charge on any atom is -0.382 e. The second kappa shape index (κ2) is 15.0. The molecule has 0 unspecified atom stereocenters. The summed E-state index contributed by atoms with van der Waals surface area (Å²) in [4.78, 5) is 20.5. The maximum atomic E-state index is 14.3. The molecule has 254 valence electrons. The van der Waals surface area contributed by atoms with Crippen LogP contribution in [-0.4, -0.2) is 56.8 Å². The van der Waals surface area contributed by atoms with Crippen LogP contribution in [0.2, 0.25) is 5.02 Å². The number of aromatic nitrogens is 3. The predicted molar refractivity (Wildman–Crippen MR) is 178 cm³/mol. The number of anilines is 1. The SMILES string of the molecule is O=C([C@@H](Cc1ccc(Cl)cc1)NC1CCC(Nc2ccc(C(F)(F)F)cc2)CC1)N1CCC(Cn2cncn2)(C2CCCCC2)CC1. The Labute approximate surface area is 280 Å². The lowest BCUT2D eigenvalue weighted by atomic mass is 9.63. The van der Waals surface area contributed by atoms with Gasteiger partial charge in [-0.1, -0.05) is 43.0 Å². The highest BCUT2D eigenvalue weighted by molar-refractivity contribution is 6.30. The van der Waals surface area contributed by atoms with Gasteiger partial charge in [0.15, 0.2) is 0 Å². The van der Waals surface area contributed by atoms with Gasteiger partial charge in [0.2, 0.25) is 5.91 Å². The first kappa shape index (κ1) is 33.8. The van der Waals surface area contributed by atoms with Crippen molar-refractivity contribution in [3.05, 3.63) is 77.3 Å². The van der Waals surface area contributed by atoms with Crippen LogP contribution < -0.4 is 10.6 Å². The van der Waals surface area contributed by atoms with Gasteiger partial charge in [0.25, 0.3) is 0 Å². The molecule has 0 spiro atoms. The van der Waals surface area contributed by atoms with Gasteiger partial charge in [-0.3, -0.25) is 9.48 Å². The van der Waals surface area contributed by atoms with Gasteiger partial charge >= 0.3 is 6.18 Å². The lowest BCUT2D eigenvalue weighted by Gasteiger charge is -2.48. The van der Waals surface area contributed by atoms with Crippen molar-refractivity contribution >= 4 is 23.2 Å². The molecule has 2 saturated carbocycles. The van der Waals surface area contributed by atoms with Crippen molar-refractivity contribution in [3.63, 3.8) is 0 Å². The molecule has 11 heteroatoms. The van der Waals surface area contributed by atoms with Gasteiger partial charge in [0.05, 0.1) is 11.6 Å². The largest absolute Gasteiger partial charge is 0.416 e. The summed E-state index contributed by atoms with van der Waals surface area (Å²) in [6.07, 6.45) is 11.5. The molecule has 1 saturated heterocycles. The fourth-order valence-electron chi connectivity index (χ4n) is 8.19. The van der Waals surface area contributed by atoms with Gasteiger partial charge in [0.1, 0.15) is 12.7 Å². The topological polar surface area (TPSA) is 75.1 Å². The lowest BCUT2D eigenvalue weighted by molar-refractivity contribution is -0.138. The summed E-state index contributed by atoms with van der Waals surface area (Å²) < 4.78 is 40.9. The molecule has 0 radical (unpaired) electrons. The number of alkyl halides is 3. The molecule has 2 heterocycles. The Bertz CT molecular complexity index is 1410. The van der Waals surface area contributed by atoms with E-state index in [1.54, 1.807) is 6.33 Å². The maximum absolute atomic E-state index is 14.3. The first-order chi connectivity index (χ1) is 22.7. The van der Waals surface area contributed by atoms with E-state index < -0.39 is 11.7 Å². The average Bonchev–Trinajstić information content (AvgIpc) is 3.59. The normalized spacial score (nSPS) is 22.9. The molecular weight excluding hydrogens is 625 g/mol. The molecule has 7 nitrogen and oxygen atoms in total. The van der Waals surface area contributed by atoms with E-state index in [4.69, 9.17) is 11.6 Å². The molecule has 3 fully saturated rings. The first-order valence-electron chi connectivity index (χ1n) is 17.2. The third kappa shape index (κ3) is 8.68. The van der Waals surface area contributed by atoms with Crippen LogP contribution in [0.3, 0.4) is 0 Å². The number of amides is 1. The Hall–Kier alpha value is -3.11. The molecule has 1 aromatic heterocycles. The molecule has 3 aliphatic rings. The highest BCUT2D eigenvalue weighted by Gasteiger charge is 2.44. The molecule has 1 amide bonds. The fraction of sp³-hybridized carbons (Fsp3) is 0.583. The Morgan fingerprint density at radius 2 is 1.57 bits per heavy atom. The summed E-state index contributed by atoms with van der Waals surface area (Å²) in [6.45, 7) is 2.34. The van der Waals surface area contributed by atoms with Crippen molar-refractivity contribution in [2.75, 3.05) is 18.4 Å². The van der Waals surface area contributed by atoms with Crippen LogP contribution >= 0.6 is 11.6 Å². The van der Waals surface area contributed by atoms with E-state index in [9.17, 15) is 18.0 Å². The quantitative estimate of drug-likeness (QED) is 0.231. The monoisotopic (exact) mass is 670 g/mol. The summed E-state index contributed by atoms with van der Waals surface area (Å²) in [5, 5.41) is 12.3. The summed E-state index contributed by atoms with van der Waals surface area (Å²) in [6, 6.07) is 13.0. The van der Waals surface area contributed by atoms with E-state index in [0.717, 1.165) is 75.9 Å². The van der Waals surface area contributed by atoms with E-state index in [1.807, 2.05) is 35.3 Å². The lowest BCUT2D eigenvalue weighted by Crippen LogP contribution is -2.55. The van der Waals surface area contributed by atoms with Crippen LogP contribution in [0.1, 0.15) is 81.8 Å². The highest BCUT2D eigenvalue weighted by atomic mass is 35.5. The number of benzene rings is 2. The fourth-order valence-corrected chi connectivity index (χ4v) is 8.32. The average molecular weight is 671 g/mol. The van der Waals surface area contributed by atoms with E-state index >= 15 is 0 Å². The maximum Gasteiger partial charge on any atom is 0.416 e. The number of piperidine rings is 1. The summed E-state index contributed by atoms with van der Waals surface area (Å²) in [5.74, 6) is 0.801. The molecule has 2 aliphatic carbocycles. The van der Waals surface area contributed by atoms with Crippen molar-refractivity contribution in [2.45, 2.75) is 108 Å². The van der Waals surface area contributed by atoms with Crippen LogP contribution in [0.25, 0.3) is 0 Å². The van der Waals surface area contributed by atoms with Gasteiger partial charge in [-0.2, -0.15) is 18.3 Å². The molecule has 6 rings (SSSR count). The third-order valence-electron chi connectivity index (χ3n) is 10.9. The molecule has 3 aromatic rings. The third-order valence-corrected chi connectivity index (χ3v) is 11.1. The van der Waals surface area contributed by atoms with Crippen LogP contribution in [0.4, 0.5) is 18.9 Å². The van der Waals surface area contributed by atoms with Gasteiger partial charge in [-0.05, 0) is 111 Å². The smallest absolute Gasteiger partial charge is 0.382 e. The van der Waals surface area contributed by atoms with Crippen molar-refractivity contribution < 1.29 is 18.0 Å².